The van der Waals surface area contributed by atoms with Crippen LogP contribution in [-0.2, 0) is 16.6 Å². The van der Waals surface area contributed by atoms with Crippen LogP contribution in [0, 0.1) is 5.82 Å². The molecular formula is C15H22ClFN2O2S. The molecule has 0 N–H and O–H groups in total. The van der Waals surface area contributed by atoms with Crippen LogP contribution in [0.4, 0.5) is 4.39 Å². The maximum Gasteiger partial charge on any atom is 0.213 e. The van der Waals surface area contributed by atoms with Gasteiger partial charge in [0.15, 0.2) is 0 Å². The second-order valence-corrected chi connectivity index (χ2v) is 8.56. The van der Waals surface area contributed by atoms with Gasteiger partial charge in [-0.05, 0) is 37.9 Å². The summed E-state index contributed by atoms with van der Waals surface area (Å²) in [6.45, 7) is 1.06. The molecule has 1 aliphatic rings. The van der Waals surface area contributed by atoms with Crippen molar-refractivity contribution < 1.29 is 12.8 Å². The van der Waals surface area contributed by atoms with Gasteiger partial charge in [0.05, 0.1) is 5.75 Å². The lowest BCUT2D eigenvalue weighted by Crippen LogP contribution is -2.31. The first-order valence-electron chi connectivity index (χ1n) is 7.38. The second-order valence-electron chi connectivity index (χ2n) is 5.85. The Morgan fingerprint density at radius 1 is 1.32 bits per heavy atom. The highest BCUT2D eigenvalue weighted by Crippen LogP contribution is 2.30. The van der Waals surface area contributed by atoms with E-state index in [1.807, 2.05) is 0 Å². The molecule has 0 bridgehead atoms. The molecule has 0 atom stereocenters. The minimum atomic E-state index is -3.18. The Morgan fingerprint density at radius 3 is 2.55 bits per heavy atom. The molecule has 2 rings (SSSR count). The highest BCUT2D eigenvalue weighted by atomic mass is 35.5. The number of rotatable bonds is 8. The van der Waals surface area contributed by atoms with E-state index < -0.39 is 10.0 Å². The van der Waals surface area contributed by atoms with Crippen molar-refractivity contribution in [1.82, 2.24) is 9.21 Å². The van der Waals surface area contributed by atoms with Crippen molar-refractivity contribution in [2.45, 2.75) is 31.8 Å². The van der Waals surface area contributed by atoms with Gasteiger partial charge < -0.3 is 0 Å². The molecule has 22 heavy (non-hydrogen) atoms. The molecule has 0 amide bonds. The molecule has 1 aliphatic carbocycles. The first-order chi connectivity index (χ1) is 10.3. The van der Waals surface area contributed by atoms with Crippen molar-refractivity contribution in [3.05, 3.63) is 34.6 Å². The average Bonchev–Trinajstić information content (AvgIpc) is 3.25. The van der Waals surface area contributed by atoms with Gasteiger partial charge in [0.1, 0.15) is 5.82 Å². The van der Waals surface area contributed by atoms with Crippen molar-refractivity contribution in [2.75, 3.05) is 26.4 Å². The molecule has 1 fully saturated rings. The summed E-state index contributed by atoms with van der Waals surface area (Å²) in [6, 6.07) is 5.09. The molecule has 0 radical (unpaired) electrons. The molecule has 0 unspecified atom stereocenters. The van der Waals surface area contributed by atoms with Gasteiger partial charge in [-0.2, -0.15) is 0 Å². The van der Waals surface area contributed by atoms with Gasteiger partial charge in [-0.15, -0.1) is 0 Å². The predicted molar refractivity (Wildman–Crippen MR) is 86.9 cm³/mol. The summed E-state index contributed by atoms with van der Waals surface area (Å²) in [5.74, 6) is -0.201. The number of hydrogen-bond donors (Lipinski definition) is 0. The maximum absolute atomic E-state index is 13.9. The SMILES string of the molecule is CN(C)S(=O)(=O)CCCN(Cc1c(F)cccc1Cl)C1CC1. The smallest absolute Gasteiger partial charge is 0.213 e. The average molecular weight is 349 g/mol. The molecule has 0 aromatic heterocycles. The van der Waals surface area contributed by atoms with Gasteiger partial charge in [0.25, 0.3) is 0 Å². The normalized spacial score (nSPS) is 15.7. The van der Waals surface area contributed by atoms with Crippen molar-refractivity contribution in [3.8, 4) is 0 Å². The van der Waals surface area contributed by atoms with Gasteiger partial charge in [0, 0.05) is 37.3 Å². The molecule has 0 heterocycles. The van der Waals surface area contributed by atoms with Crippen molar-refractivity contribution in [2.24, 2.45) is 0 Å². The zero-order valence-electron chi connectivity index (χ0n) is 12.9. The third-order valence-electron chi connectivity index (χ3n) is 3.89. The van der Waals surface area contributed by atoms with Crippen LogP contribution in [0.3, 0.4) is 0 Å². The summed E-state index contributed by atoms with van der Waals surface area (Å²) < 4.78 is 38.7. The maximum atomic E-state index is 13.9. The molecule has 124 valence electrons. The number of benzene rings is 1. The highest BCUT2D eigenvalue weighted by Gasteiger charge is 2.30. The fourth-order valence-electron chi connectivity index (χ4n) is 2.35. The Morgan fingerprint density at radius 2 is 2.00 bits per heavy atom. The van der Waals surface area contributed by atoms with Crippen molar-refractivity contribution in [3.63, 3.8) is 0 Å². The number of halogens is 2. The lowest BCUT2D eigenvalue weighted by molar-refractivity contribution is 0.252. The monoisotopic (exact) mass is 348 g/mol. The zero-order chi connectivity index (χ0) is 16.3. The molecule has 1 aromatic carbocycles. The molecule has 7 heteroatoms. The summed E-state index contributed by atoms with van der Waals surface area (Å²) >= 11 is 6.08. The summed E-state index contributed by atoms with van der Waals surface area (Å²) in [5, 5.41) is 0.423. The van der Waals surface area contributed by atoms with E-state index in [0.717, 1.165) is 12.8 Å². The van der Waals surface area contributed by atoms with E-state index >= 15 is 0 Å². The molecular weight excluding hydrogens is 327 g/mol. The van der Waals surface area contributed by atoms with Crippen LogP contribution in [0.2, 0.25) is 5.02 Å². The highest BCUT2D eigenvalue weighted by molar-refractivity contribution is 7.89. The van der Waals surface area contributed by atoms with E-state index in [1.165, 1.54) is 24.5 Å². The molecule has 0 aliphatic heterocycles. The van der Waals surface area contributed by atoms with E-state index in [0.29, 0.717) is 36.1 Å². The molecule has 1 aromatic rings. The largest absolute Gasteiger partial charge is 0.296 e. The van der Waals surface area contributed by atoms with Crippen molar-refractivity contribution >= 4 is 21.6 Å². The Balaban J connectivity index is 1.97. The fraction of sp³-hybridized carbons (Fsp3) is 0.600. The van der Waals surface area contributed by atoms with Crippen LogP contribution in [0.25, 0.3) is 0 Å². The lowest BCUT2D eigenvalue weighted by atomic mass is 10.2. The number of nitrogens with zero attached hydrogens (tertiary/aromatic N) is 2. The van der Waals surface area contributed by atoms with Crippen LogP contribution in [-0.4, -0.2) is 50.1 Å². The van der Waals surface area contributed by atoms with E-state index in [4.69, 9.17) is 11.6 Å². The molecule has 4 nitrogen and oxygen atoms in total. The first kappa shape index (κ1) is 17.7. The molecule has 0 spiro atoms. The Kier molecular flexibility index (Phi) is 5.82. The van der Waals surface area contributed by atoms with Gasteiger partial charge in [-0.3, -0.25) is 4.90 Å². The van der Waals surface area contributed by atoms with Gasteiger partial charge in [-0.1, -0.05) is 17.7 Å². The summed E-state index contributed by atoms with van der Waals surface area (Å²) in [5.41, 5.74) is 0.492. The van der Waals surface area contributed by atoms with Crippen LogP contribution in [0.1, 0.15) is 24.8 Å². The topological polar surface area (TPSA) is 40.6 Å². The van der Waals surface area contributed by atoms with Gasteiger partial charge >= 0.3 is 0 Å². The van der Waals surface area contributed by atoms with Gasteiger partial charge in [-0.25, -0.2) is 17.1 Å². The van der Waals surface area contributed by atoms with Crippen LogP contribution < -0.4 is 0 Å². The van der Waals surface area contributed by atoms with Crippen molar-refractivity contribution in [1.29, 1.82) is 0 Å². The van der Waals surface area contributed by atoms with Crippen LogP contribution >= 0.6 is 11.6 Å². The Hall–Kier alpha value is -0.690. The van der Waals surface area contributed by atoms with E-state index in [-0.39, 0.29) is 11.6 Å². The third kappa shape index (κ3) is 4.65. The summed E-state index contributed by atoms with van der Waals surface area (Å²) in [4.78, 5) is 2.13. The first-order valence-corrected chi connectivity index (χ1v) is 9.37. The number of sulfonamides is 1. The fourth-order valence-corrected chi connectivity index (χ4v) is 3.43. The predicted octanol–water partition coefficient (Wildman–Crippen LogP) is 2.73. The number of hydrogen-bond acceptors (Lipinski definition) is 3. The van der Waals surface area contributed by atoms with Gasteiger partial charge in [0.2, 0.25) is 10.0 Å². The lowest BCUT2D eigenvalue weighted by Gasteiger charge is -2.23. The minimum absolute atomic E-state index is 0.105. The quantitative estimate of drug-likeness (QED) is 0.725. The minimum Gasteiger partial charge on any atom is -0.296 e. The molecule has 0 saturated heterocycles. The Labute approximate surface area is 136 Å². The molecule has 1 saturated carbocycles. The second kappa shape index (κ2) is 7.25. The third-order valence-corrected chi connectivity index (χ3v) is 6.16. The Bertz CT molecular complexity index is 598. The zero-order valence-corrected chi connectivity index (χ0v) is 14.5. The van der Waals surface area contributed by atoms with Crippen LogP contribution in [0.15, 0.2) is 18.2 Å². The van der Waals surface area contributed by atoms with E-state index in [1.54, 1.807) is 12.1 Å². The summed E-state index contributed by atoms with van der Waals surface area (Å²) in [6.07, 6.45) is 2.68. The van der Waals surface area contributed by atoms with Crippen LogP contribution in [0.5, 0.6) is 0 Å². The standard InChI is InChI=1S/C15H22ClFN2O2S/c1-18(2)22(20,21)10-4-9-19(12-7-8-12)11-13-14(16)5-3-6-15(13)17/h3,5-6,12H,4,7-11H2,1-2H3. The summed E-state index contributed by atoms with van der Waals surface area (Å²) in [7, 11) is -0.112. The van der Waals surface area contributed by atoms with E-state index in [2.05, 4.69) is 4.90 Å². The van der Waals surface area contributed by atoms with E-state index in [9.17, 15) is 12.8 Å².